The van der Waals surface area contributed by atoms with Crippen LogP contribution in [0.4, 0.5) is 4.39 Å². The minimum absolute atomic E-state index is 0.152. The molecule has 0 aliphatic heterocycles. The summed E-state index contributed by atoms with van der Waals surface area (Å²) in [5.41, 5.74) is 3.24. The van der Waals surface area contributed by atoms with Crippen molar-refractivity contribution < 1.29 is 14.6 Å². The zero-order valence-corrected chi connectivity index (χ0v) is 16.6. The first-order chi connectivity index (χ1) is 13.4. The predicted octanol–water partition coefficient (Wildman–Crippen LogP) is 5.20. The average Bonchev–Trinajstić information content (AvgIpc) is 2.89. The first kappa shape index (κ1) is 18.2. The fraction of sp³-hybridized carbons (Fsp3) is 0.520. The molecular weight excluding hydrogens is 351 g/mol. The second-order valence-corrected chi connectivity index (χ2v) is 9.74. The van der Waals surface area contributed by atoms with Crippen molar-refractivity contribution in [3.63, 3.8) is 0 Å². The molecule has 0 spiro atoms. The maximum Gasteiger partial charge on any atom is 0.115 e. The Bertz CT molecular complexity index is 881. The van der Waals surface area contributed by atoms with Crippen molar-refractivity contribution in [3.05, 3.63) is 65.2 Å². The standard InChI is InChI=1S/C25H29FO2/c1-14-21(28)13-25(2)12-20(26)22-18-9-8-17(27)10-16(18)11-19(23(22)24(14)25)15-6-4-3-5-7-15/h3-10,14,19-24,27-28H,11-13H2,1-2H3/t14-,19-,20-,21-,22-,23+,24-,25+/m0/s1. The van der Waals surface area contributed by atoms with Gasteiger partial charge in [-0.25, -0.2) is 4.39 Å². The molecule has 0 bridgehead atoms. The molecule has 3 aliphatic rings. The molecule has 2 saturated carbocycles. The van der Waals surface area contributed by atoms with Crippen molar-refractivity contribution in [1.29, 1.82) is 0 Å². The van der Waals surface area contributed by atoms with Crippen molar-refractivity contribution in [2.75, 3.05) is 0 Å². The summed E-state index contributed by atoms with van der Waals surface area (Å²) >= 11 is 0. The quantitative estimate of drug-likeness (QED) is 0.714. The van der Waals surface area contributed by atoms with Crippen LogP contribution < -0.4 is 0 Å². The van der Waals surface area contributed by atoms with E-state index >= 15 is 4.39 Å². The molecule has 0 radical (unpaired) electrons. The Morgan fingerprint density at radius 2 is 1.82 bits per heavy atom. The highest BCUT2D eigenvalue weighted by Gasteiger charge is 2.61. The summed E-state index contributed by atoms with van der Waals surface area (Å²) in [6, 6.07) is 15.9. The number of alkyl halides is 1. The van der Waals surface area contributed by atoms with Gasteiger partial charge in [0.2, 0.25) is 0 Å². The van der Waals surface area contributed by atoms with Crippen LogP contribution in [0.2, 0.25) is 0 Å². The Balaban J connectivity index is 1.70. The van der Waals surface area contributed by atoms with Crippen molar-refractivity contribution in [2.24, 2.45) is 23.2 Å². The number of aliphatic hydroxyl groups excluding tert-OH is 1. The van der Waals surface area contributed by atoms with Crippen molar-refractivity contribution >= 4 is 0 Å². The van der Waals surface area contributed by atoms with Gasteiger partial charge in [0, 0.05) is 5.92 Å². The molecule has 28 heavy (non-hydrogen) atoms. The molecule has 2 fully saturated rings. The van der Waals surface area contributed by atoms with Gasteiger partial charge in [-0.2, -0.15) is 0 Å². The van der Waals surface area contributed by atoms with Gasteiger partial charge in [-0.05, 0) is 77.2 Å². The molecule has 0 unspecified atom stereocenters. The van der Waals surface area contributed by atoms with Crippen LogP contribution in [0.3, 0.4) is 0 Å². The topological polar surface area (TPSA) is 40.5 Å². The number of phenols is 1. The van der Waals surface area contributed by atoms with Gasteiger partial charge in [0.15, 0.2) is 0 Å². The Labute approximate surface area is 166 Å². The molecule has 2 aromatic carbocycles. The van der Waals surface area contributed by atoms with Gasteiger partial charge in [0.1, 0.15) is 11.9 Å². The van der Waals surface area contributed by atoms with Gasteiger partial charge < -0.3 is 10.2 Å². The summed E-state index contributed by atoms with van der Waals surface area (Å²) in [5.74, 6) is 0.933. The third-order valence-electron chi connectivity index (χ3n) is 8.15. The number of aliphatic hydroxyl groups is 1. The second kappa shape index (κ2) is 6.32. The number of aromatic hydroxyl groups is 1. The molecule has 3 aliphatic carbocycles. The lowest BCUT2D eigenvalue weighted by molar-refractivity contribution is -0.0235. The minimum Gasteiger partial charge on any atom is -0.508 e. The van der Waals surface area contributed by atoms with Crippen molar-refractivity contribution in [3.8, 4) is 5.75 Å². The number of halogens is 1. The van der Waals surface area contributed by atoms with Crippen LogP contribution in [0.5, 0.6) is 5.75 Å². The van der Waals surface area contributed by atoms with Crippen LogP contribution in [0.25, 0.3) is 0 Å². The third-order valence-corrected chi connectivity index (χ3v) is 8.15. The molecule has 148 valence electrons. The molecule has 2 aromatic rings. The summed E-state index contributed by atoms with van der Waals surface area (Å²) in [5, 5.41) is 20.8. The number of fused-ring (bicyclic) bond motifs is 5. The number of benzene rings is 2. The van der Waals surface area contributed by atoms with Crippen LogP contribution in [-0.4, -0.2) is 22.5 Å². The summed E-state index contributed by atoms with van der Waals surface area (Å²) in [6.45, 7) is 4.35. The highest BCUT2D eigenvalue weighted by Crippen LogP contribution is 2.65. The molecule has 0 heterocycles. The zero-order chi connectivity index (χ0) is 19.6. The van der Waals surface area contributed by atoms with E-state index in [0.717, 1.165) is 17.5 Å². The highest BCUT2D eigenvalue weighted by atomic mass is 19.1. The number of rotatable bonds is 1. The maximum atomic E-state index is 15.8. The molecule has 0 amide bonds. The molecule has 2 nitrogen and oxygen atoms in total. The number of phenolic OH excluding ortho intramolecular Hbond substituents is 1. The van der Waals surface area contributed by atoms with Gasteiger partial charge in [0.05, 0.1) is 6.10 Å². The first-order valence-electron chi connectivity index (χ1n) is 10.6. The van der Waals surface area contributed by atoms with Crippen LogP contribution in [0.1, 0.15) is 55.2 Å². The van der Waals surface area contributed by atoms with E-state index in [9.17, 15) is 10.2 Å². The number of hydrogen-bond acceptors (Lipinski definition) is 2. The van der Waals surface area contributed by atoms with Crippen LogP contribution in [-0.2, 0) is 6.42 Å². The smallest absolute Gasteiger partial charge is 0.115 e. The first-order valence-corrected chi connectivity index (χ1v) is 10.6. The number of hydrogen-bond donors (Lipinski definition) is 2. The van der Waals surface area contributed by atoms with Crippen LogP contribution in [0, 0.1) is 23.2 Å². The van der Waals surface area contributed by atoms with E-state index in [-0.39, 0.29) is 40.9 Å². The molecular formula is C25H29FO2. The highest BCUT2D eigenvalue weighted by molar-refractivity contribution is 5.44. The van der Waals surface area contributed by atoms with E-state index in [1.165, 1.54) is 5.56 Å². The van der Waals surface area contributed by atoms with Gasteiger partial charge in [0.25, 0.3) is 0 Å². The average molecular weight is 381 g/mol. The second-order valence-electron chi connectivity index (χ2n) is 9.74. The molecule has 0 aromatic heterocycles. The maximum absolute atomic E-state index is 15.8. The SMILES string of the molecule is C[C@@H]1[C@H]2[C@H]3[C@@H](c4ccc(O)cc4C[C@H]3c3ccccc3)[C@@H](F)C[C@]2(C)C[C@@H]1O. The lowest BCUT2D eigenvalue weighted by atomic mass is 9.50. The largest absolute Gasteiger partial charge is 0.508 e. The van der Waals surface area contributed by atoms with Gasteiger partial charge in [-0.1, -0.05) is 50.2 Å². The fourth-order valence-corrected chi connectivity index (χ4v) is 7.16. The van der Waals surface area contributed by atoms with E-state index in [0.29, 0.717) is 18.8 Å². The summed E-state index contributed by atoms with van der Waals surface area (Å²) < 4.78 is 15.8. The Hall–Kier alpha value is -1.87. The monoisotopic (exact) mass is 380 g/mol. The minimum atomic E-state index is -0.918. The molecule has 2 N–H and O–H groups in total. The molecule has 0 saturated heterocycles. The van der Waals surface area contributed by atoms with Gasteiger partial charge >= 0.3 is 0 Å². The normalized spacial score (nSPS) is 41.8. The van der Waals surface area contributed by atoms with E-state index in [1.54, 1.807) is 6.07 Å². The predicted molar refractivity (Wildman–Crippen MR) is 108 cm³/mol. The lowest BCUT2D eigenvalue weighted by Crippen LogP contribution is -2.49. The van der Waals surface area contributed by atoms with Crippen molar-refractivity contribution in [2.45, 2.75) is 57.2 Å². The van der Waals surface area contributed by atoms with Gasteiger partial charge in [-0.15, -0.1) is 0 Å². The van der Waals surface area contributed by atoms with Crippen molar-refractivity contribution in [1.82, 2.24) is 0 Å². The Morgan fingerprint density at radius 1 is 1.07 bits per heavy atom. The summed E-state index contributed by atoms with van der Waals surface area (Å²) in [7, 11) is 0. The zero-order valence-electron chi connectivity index (χ0n) is 16.6. The van der Waals surface area contributed by atoms with E-state index in [1.807, 2.05) is 18.2 Å². The van der Waals surface area contributed by atoms with Crippen LogP contribution >= 0.6 is 0 Å². The van der Waals surface area contributed by atoms with E-state index < -0.39 is 6.17 Å². The van der Waals surface area contributed by atoms with Gasteiger partial charge in [-0.3, -0.25) is 0 Å². The van der Waals surface area contributed by atoms with E-state index in [2.05, 4.69) is 38.1 Å². The molecule has 5 rings (SSSR count). The Kier molecular flexibility index (Phi) is 4.10. The van der Waals surface area contributed by atoms with Crippen LogP contribution in [0.15, 0.2) is 48.5 Å². The third kappa shape index (κ3) is 2.55. The molecule has 8 atom stereocenters. The summed E-state index contributed by atoms with van der Waals surface area (Å²) in [6.07, 6.45) is 0.767. The lowest BCUT2D eigenvalue weighted by Gasteiger charge is -2.54. The Morgan fingerprint density at radius 3 is 2.57 bits per heavy atom. The summed E-state index contributed by atoms with van der Waals surface area (Å²) in [4.78, 5) is 0. The molecule has 3 heteroatoms. The fourth-order valence-electron chi connectivity index (χ4n) is 7.16. The van der Waals surface area contributed by atoms with E-state index in [4.69, 9.17) is 0 Å².